The maximum Gasteiger partial charge on any atom is 0.229 e. The van der Waals surface area contributed by atoms with Gasteiger partial charge in [0.15, 0.2) is 0 Å². The van der Waals surface area contributed by atoms with E-state index in [9.17, 15) is 4.79 Å². The van der Waals surface area contributed by atoms with Gasteiger partial charge in [0, 0.05) is 36.8 Å². The average Bonchev–Trinajstić information content (AvgIpc) is 2.98. The number of hydrogen-bond acceptors (Lipinski definition) is 4. The molecular weight excluding hydrogens is 352 g/mol. The molecule has 0 saturated heterocycles. The number of nitrogens with one attached hydrogen (secondary N) is 1. The second kappa shape index (κ2) is 7.87. The van der Waals surface area contributed by atoms with Gasteiger partial charge in [-0.2, -0.15) is 0 Å². The van der Waals surface area contributed by atoms with Crippen molar-refractivity contribution in [3.8, 4) is 11.5 Å². The van der Waals surface area contributed by atoms with Crippen LogP contribution in [-0.4, -0.2) is 32.7 Å². The van der Waals surface area contributed by atoms with Gasteiger partial charge in [-0.05, 0) is 25.0 Å². The van der Waals surface area contributed by atoms with Crippen LogP contribution in [0.1, 0.15) is 18.9 Å². The first-order chi connectivity index (χ1) is 12.5. The second-order valence-electron chi connectivity index (χ2n) is 6.31. The van der Waals surface area contributed by atoms with E-state index in [1.165, 1.54) is 5.56 Å². The Morgan fingerprint density at radius 1 is 1.23 bits per heavy atom. The van der Waals surface area contributed by atoms with Gasteiger partial charge in [-0.1, -0.05) is 29.8 Å². The molecule has 0 bridgehead atoms. The minimum absolute atomic E-state index is 0.106. The molecule has 1 atom stereocenters. The van der Waals surface area contributed by atoms with Gasteiger partial charge < -0.3 is 19.7 Å². The van der Waals surface area contributed by atoms with Gasteiger partial charge in [0.25, 0.3) is 0 Å². The topological polar surface area (TPSA) is 50.8 Å². The standard InChI is InChI=1S/C20H23ClN2O3/c1-13-10-14-6-4-5-7-17(14)23(13)20(24)8-9-22-16-12-18(25-2)15(21)11-19(16)26-3/h4-7,11-13,22H,8-10H2,1-3H3. The monoisotopic (exact) mass is 374 g/mol. The smallest absolute Gasteiger partial charge is 0.229 e. The number of benzene rings is 2. The molecule has 0 radical (unpaired) electrons. The number of rotatable bonds is 6. The molecular formula is C20H23ClN2O3. The molecule has 1 heterocycles. The Bertz CT molecular complexity index is 810. The van der Waals surface area contributed by atoms with Crippen LogP contribution in [0.4, 0.5) is 11.4 Å². The molecule has 2 aromatic carbocycles. The maximum atomic E-state index is 12.7. The molecule has 26 heavy (non-hydrogen) atoms. The SMILES string of the molecule is COc1cc(NCCC(=O)N2c3ccccc3CC2C)c(OC)cc1Cl. The number of hydrogen-bond donors (Lipinski definition) is 1. The highest BCUT2D eigenvalue weighted by Gasteiger charge is 2.29. The molecule has 138 valence electrons. The molecule has 3 rings (SSSR count). The Kier molecular flexibility index (Phi) is 5.57. The molecule has 1 unspecified atom stereocenters. The third-order valence-corrected chi connectivity index (χ3v) is 4.90. The molecule has 0 spiro atoms. The first-order valence-electron chi connectivity index (χ1n) is 8.60. The van der Waals surface area contributed by atoms with Crippen LogP contribution in [0, 0.1) is 0 Å². The average molecular weight is 375 g/mol. The van der Waals surface area contributed by atoms with Crippen LogP contribution in [-0.2, 0) is 11.2 Å². The van der Waals surface area contributed by atoms with Crippen LogP contribution in [0.25, 0.3) is 0 Å². The van der Waals surface area contributed by atoms with Gasteiger partial charge in [-0.3, -0.25) is 4.79 Å². The Hall–Kier alpha value is -2.40. The van der Waals surface area contributed by atoms with Crippen molar-refractivity contribution < 1.29 is 14.3 Å². The molecule has 1 aliphatic rings. The van der Waals surface area contributed by atoms with Gasteiger partial charge in [0.1, 0.15) is 11.5 Å². The number of ether oxygens (including phenoxy) is 2. The largest absolute Gasteiger partial charge is 0.495 e. The number of para-hydroxylation sites is 1. The van der Waals surface area contributed by atoms with Crippen molar-refractivity contribution in [2.24, 2.45) is 0 Å². The van der Waals surface area contributed by atoms with Crippen LogP contribution in [0.2, 0.25) is 5.02 Å². The number of carbonyl (C=O) groups excluding carboxylic acids is 1. The summed E-state index contributed by atoms with van der Waals surface area (Å²) >= 11 is 6.12. The van der Waals surface area contributed by atoms with Gasteiger partial charge in [-0.25, -0.2) is 0 Å². The molecule has 1 amide bonds. The number of methoxy groups -OCH3 is 2. The normalized spacial score (nSPS) is 15.5. The molecule has 1 N–H and O–H groups in total. The number of halogens is 1. The lowest BCUT2D eigenvalue weighted by Gasteiger charge is -2.23. The van der Waals surface area contributed by atoms with E-state index in [-0.39, 0.29) is 11.9 Å². The molecule has 0 fully saturated rings. The van der Waals surface area contributed by atoms with Gasteiger partial charge in [0.2, 0.25) is 5.91 Å². The lowest BCUT2D eigenvalue weighted by atomic mass is 10.1. The van der Waals surface area contributed by atoms with Gasteiger partial charge in [0.05, 0.1) is 24.9 Å². The summed E-state index contributed by atoms with van der Waals surface area (Å²) in [7, 11) is 3.14. The van der Waals surface area contributed by atoms with Gasteiger partial charge in [-0.15, -0.1) is 0 Å². The highest BCUT2D eigenvalue weighted by Crippen LogP contribution is 2.36. The van der Waals surface area contributed by atoms with Crippen molar-refractivity contribution in [1.29, 1.82) is 0 Å². The molecule has 0 aromatic heterocycles. The maximum absolute atomic E-state index is 12.7. The van der Waals surface area contributed by atoms with E-state index < -0.39 is 0 Å². The Labute approximate surface area is 158 Å². The predicted molar refractivity (Wildman–Crippen MR) is 105 cm³/mol. The van der Waals surface area contributed by atoms with Crippen LogP contribution >= 0.6 is 11.6 Å². The Morgan fingerprint density at radius 2 is 1.96 bits per heavy atom. The zero-order chi connectivity index (χ0) is 18.7. The zero-order valence-corrected chi connectivity index (χ0v) is 16.0. The summed E-state index contributed by atoms with van der Waals surface area (Å²) < 4.78 is 10.6. The highest BCUT2D eigenvalue weighted by atomic mass is 35.5. The number of amides is 1. The lowest BCUT2D eigenvalue weighted by molar-refractivity contribution is -0.118. The minimum atomic E-state index is 0.106. The summed E-state index contributed by atoms with van der Waals surface area (Å²) in [4.78, 5) is 14.6. The first kappa shape index (κ1) is 18.4. The number of nitrogens with zero attached hydrogens (tertiary/aromatic N) is 1. The van der Waals surface area contributed by atoms with Crippen molar-refractivity contribution >= 4 is 28.9 Å². The van der Waals surface area contributed by atoms with E-state index in [1.807, 2.05) is 23.1 Å². The molecule has 0 saturated carbocycles. The lowest BCUT2D eigenvalue weighted by Crippen LogP contribution is -2.36. The highest BCUT2D eigenvalue weighted by molar-refractivity contribution is 6.32. The second-order valence-corrected chi connectivity index (χ2v) is 6.72. The molecule has 2 aromatic rings. The summed E-state index contributed by atoms with van der Waals surface area (Å²) in [5.41, 5.74) is 3.00. The third kappa shape index (κ3) is 3.58. The first-order valence-corrected chi connectivity index (χ1v) is 8.98. The van der Waals surface area contributed by atoms with Crippen LogP contribution < -0.4 is 19.7 Å². The summed E-state index contributed by atoms with van der Waals surface area (Å²) in [5, 5.41) is 3.73. The summed E-state index contributed by atoms with van der Waals surface area (Å²) in [6.07, 6.45) is 1.28. The summed E-state index contributed by atoms with van der Waals surface area (Å²) in [5.74, 6) is 1.28. The van der Waals surface area contributed by atoms with Crippen molar-refractivity contribution in [3.05, 3.63) is 47.0 Å². The van der Waals surface area contributed by atoms with E-state index in [2.05, 4.69) is 18.3 Å². The zero-order valence-electron chi connectivity index (χ0n) is 15.2. The van der Waals surface area contributed by atoms with E-state index in [1.54, 1.807) is 26.4 Å². The van der Waals surface area contributed by atoms with E-state index in [4.69, 9.17) is 21.1 Å². The fraction of sp³-hybridized carbons (Fsp3) is 0.350. The molecule has 1 aliphatic heterocycles. The quantitative estimate of drug-likeness (QED) is 0.825. The molecule has 0 aliphatic carbocycles. The number of anilines is 2. The van der Waals surface area contributed by atoms with E-state index in [0.717, 1.165) is 17.8 Å². The molecule has 5 nitrogen and oxygen atoms in total. The molecule has 6 heteroatoms. The summed E-state index contributed by atoms with van der Waals surface area (Å²) in [6, 6.07) is 11.7. The predicted octanol–water partition coefficient (Wildman–Crippen LogP) is 4.14. The van der Waals surface area contributed by atoms with Crippen molar-refractivity contribution in [2.75, 3.05) is 31.0 Å². The van der Waals surface area contributed by atoms with Crippen LogP contribution in [0.5, 0.6) is 11.5 Å². The van der Waals surface area contributed by atoms with Crippen molar-refractivity contribution in [2.45, 2.75) is 25.8 Å². The third-order valence-electron chi connectivity index (χ3n) is 4.60. The number of carbonyl (C=O) groups is 1. The van der Waals surface area contributed by atoms with E-state index in [0.29, 0.717) is 29.5 Å². The fourth-order valence-corrected chi connectivity index (χ4v) is 3.60. The van der Waals surface area contributed by atoms with Crippen LogP contribution in [0.3, 0.4) is 0 Å². The summed E-state index contributed by atoms with van der Waals surface area (Å²) in [6.45, 7) is 2.57. The fourth-order valence-electron chi connectivity index (χ4n) is 3.37. The van der Waals surface area contributed by atoms with E-state index >= 15 is 0 Å². The van der Waals surface area contributed by atoms with Gasteiger partial charge >= 0.3 is 0 Å². The van der Waals surface area contributed by atoms with Crippen LogP contribution in [0.15, 0.2) is 36.4 Å². The van der Waals surface area contributed by atoms with Crippen molar-refractivity contribution in [3.63, 3.8) is 0 Å². The minimum Gasteiger partial charge on any atom is -0.495 e. The van der Waals surface area contributed by atoms with Crippen molar-refractivity contribution in [1.82, 2.24) is 0 Å². The number of fused-ring (bicyclic) bond motifs is 1. The Morgan fingerprint density at radius 3 is 2.69 bits per heavy atom. The Balaban J connectivity index is 1.66.